The van der Waals surface area contributed by atoms with Crippen molar-refractivity contribution in [2.45, 2.75) is 26.4 Å². The topological polar surface area (TPSA) is 89.4 Å². The van der Waals surface area contributed by atoms with Crippen LogP contribution in [0.4, 0.5) is 0 Å². The third-order valence-electron chi connectivity index (χ3n) is 6.12. The molecule has 0 unspecified atom stereocenters. The van der Waals surface area contributed by atoms with E-state index in [1.54, 1.807) is 18.9 Å². The summed E-state index contributed by atoms with van der Waals surface area (Å²) in [7, 11) is 1.63. The van der Waals surface area contributed by atoms with E-state index in [2.05, 4.69) is 10.1 Å². The number of carbonyl (C=O) groups excluding carboxylic acids is 2. The summed E-state index contributed by atoms with van der Waals surface area (Å²) < 4.78 is 12.5. The lowest BCUT2D eigenvalue weighted by Gasteiger charge is -2.27. The molecular weight excluding hydrogens is 432 g/mol. The first-order valence-corrected chi connectivity index (χ1v) is 11.3. The van der Waals surface area contributed by atoms with E-state index in [1.165, 1.54) is 0 Å². The van der Waals surface area contributed by atoms with Crippen LogP contribution in [0.15, 0.2) is 54.6 Å². The number of esters is 1. The first-order valence-electron chi connectivity index (χ1n) is 11.3. The minimum absolute atomic E-state index is 0.0998. The summed E-state index contributed by atoms with van der Waals surface area (Å²) in [6.45, 7) is 3.36. The van der Waals surface area contributed by atoms with E-state index in [4.69, 9.17) is 9.47 Å². The summed E-state index contributed by atoms with van der Waals surface area (Å²) in [4.78, 5) is 31.0. The standard InChI is InChI=1S/C26H26N4O4/c1-3-34-26(32)24-20-16-29(25(31)22-14-18-8-4-5-10-21(18)27-22)12-11-23(20)30(28-24)15-17-7-6-9-19(13-17)33-2/h4-10,13-14,27H,3,11-12,15-16H2,1-2H3. The highest BCUT2D eigenvalue weighted by molar-refractivity contribution is 5.98. The van der Waals surface area contributed by atoms with E-state index in [0.29, 0.717) is 31.7 Å². The third-order valence-corrected chi connectivity index (χ3v) is 6.12. The zero-order chi connectivity index (χ0) is 23.7. The molecule has 0 bridgehead atoms. The number of amides is 1. The van der Waals surface area contributed by atoms with Crippen LogP contribution in [0.3, 0.4) is 0 Å². The minimum atomic E-state index is -0.469. The van der Waals surface area contributed by atoms with Gasteiger partial charge in [0.05, 0.1) is 26.8 Å². The van der Waals surface area contributed by atoms with Crippen molar-refractivity contribution in [3.8, 4) is 5.75 Å². The van der Waals surface area contributed by atoms with Crippen molar-refractivity contribution in [3.05, 3.63) is 82.8 Å². The SMILES string of the molecule is CCOC(=O)c1nn(Cc2cccc(OC)c2)c2c1CN(C(=O)c1cc3ccccc3[nH]1)CC2. The molecule has 2 aromatic heterocycles. The normalized spacial score (nSPS) is 13.1. The molecule has 1 amide bonds. The molecule has 3 heterocycles. The van der Waals surface area contributed by atoms with E-state index in [9.17, 15) is 9.59 Å². The number of carbonyl (C=O) groups is 2. The number of ether oxygens (including phenoxy) is 2. The maximum atomic E-state index is 13.3. The Morgan fingerprint density at radius 2 is 1.97 bits per heavy atom. The van der Waals surface area contributed by atoms with Crippen molar-refractivity contribution in [1.29, 1.82) is 0 Å². The highest BCUT2D eigenvalue weighted by Crippen LogP contribution is 2.27. The van der Waals surface area contributed by atoms with Crippen molar-refractivity contribution in [2.24, 2.45) is 0 Å². The quantitative estimate of drug-likeness (QED) is 0.444. The molecule has 1 aliphatic rings. The number of aromatic amines is 1. The number of nitrogens with one attached hydrogen (secondary N) is 1. The van der Waals surface area contributed by atoms with E-state index >= 15 is 0 Å². The van der Waals surface area contributed by atoms with Gasteiger partial charge in [-0.1, -0.05) is 30.3 Å². The Morgan fingerprint density at radius 1 is 1.12 bits per heavy atom. The number of methoxy groups -OCH3 is 1. The molecule has 5 rings (SSSR count). The van der Waals surface area contributed by atoms with Gasteiger partial charge in [-0.25, -0.2) is 4.79 Å². The van der Waals surface area contributed by atoms with Crippen LogP contribution < -0.4 is 4.74 Å². The molecule has 0 saturated carbocycles. The van der Waals surface area contributed by atoms with Crippen LogP contribution in [-0.2, 0) is 24.2 Å². The lowest BCUT2D eigenvalue weighted by Crippen LogP contribution is -2.37. The Labute approximate surface area is 197 Å². The van der Waals surface area contributed by atoms with Crippen LogP contribution >= 0.6 is 0 Å². The molecule has 0 aliphatic carbocycles. The van der Waals surface area contributed by atoms with E-state index in [0.717, 1.165) is 33.5 Å². The summed E-state index contributed by atoms with van der Waals surface area (Å²) in [6, 6.07) is 17.4. The van der Waals surface area contributed by atoms with E-state index < -0.39 is 5.97 Å². The Bertz CT molecular complexity index is 1340. The summed E-state index contributed by atoms with van der Waals surface area (Å²) >= 11 is 0. The molecule has 0 spiro atoms. The Balaban J connectivity index is 1.46. The number of aromatic nitrogens is 3. The first kappa shape index (κ1) is 21.8. The third kappa shape index (κ3) is 4.03. The van der Waals surface area contributed by atoms with Crippen molar-refractivity contribution in [3.63, 3.8) is 0 Å². The van der Waals surface area contributed by atoms with E-state index in [1.807, 2.05) is 59.3 Å². The number of rotatable bonds is 6. The Morgan fingerprint density at radius 3 is 2.76 bits per heavy atom. The fraction of sp³-hybridized carbons (Fsp3) is 0.269. The van der Waals surface area contributed by atoms with Crippen LogP contribution in [0.2, 0.25) is 0 Å². The second-order valence-electron chi connectivity index (χ2n) is 8.25. The van der Waals surface area contributed by atoms with Gasteiger partial charge in [0.15, 0.2) is 5.69 Å². The summed E-state index contributed by atoms with van der Waals surface area (Å²) in [6.07, 6.45) is 0.595. The monoisotopic (exact) mass is 458 g/mol. The zero-order valence-corrected chi connectivity index (χ0v) is 19.2. The van der Waals surface area contributed by atoms with Gasteiger partial charge in [0.25, 0.3) is 5.91 Å². The van der Waals surface area contributed by atoms with Crippen molar-refractivity contribution in [2.75, 3.05) is 20.3 Å². The Hall–Kier alpha value is -4.07. The summed E-state index contributed by atoms with van der Waals surface area (Å²) in [5.41, 5.74) is 4.43. The summed E-state index contributed by atoms with van der Waals surface area (Å²) in [5, 5.41) is 5.61. The number of hydrogen-bond donors (Lipinski definition) is 1. The van der Waals surface area contributed by atoms with Crippen LogP contribution in [-0.4, -0.2) is 51.8 Å². The molecule has 1 aliphatic heterocycles. The maximum absolute atomic E-state index is 13.3. The van der Waals surface area contributed by atoms with Gasteiger partial charge < -0.3 is 19.4 Å². The van der Waals surface area contributed by atoms with Crippen LogP contribution in [0, 0.1) is 0 Å². The molecule has 8 nitrogen and oxygen atoms in total. The smallest absolute Gasteiger partial charge is 0.359 e. The molecule has 1 N–H and O–H groups in total. The maximum Gasteiger partial charge on any atom is 0.359 e. The summed E-state index contributed by atoms with van der Waals surface area (Å²) in [5.74, 6) is 0.194. The lowest BCUT2D eigenvalue weighted by molar-refractivity contribution is 0.0513. The molecule has 0 atom stereocenters. The second-order valence-corrected chi connectivity index (χ2v) is 8.25. The largest absolute Gasteiger partial charge is 0.497 e. The molecule has 8 heteroatoms. The van der Waals surface area contributed by atoms with Crippen molar-refractivity contribution < 1.29 is 19.1 Å². The molecule has 0 saturated heterocycles. The number of H-pyrrole nitrogens is 1. The Kier molecular flexibility index (Phi) is 5.79. The average Bonchev–Trinajstić information content (AvgIpc) is 3.45. The van der Waals surface area contributed by atoms with Crippen LogP contribution in [0.25, 0.3) is 10.9 Å². The number of benzene rings is 2. The van der Waals surface area contributed by atoms with Gasteiger partial charge in [0.2, 0.25) is 0 Å². The average molecular weight is 459 g/mol. The van der Waals surface area contributed by atoms with Crippen molar-refractivity contribution in [1.82, 2.24) is 19.7 Å². The number of hydrogen-bond acceptors (Lipinski definition) is 5. The molecule has 2 aromatic carbocycles. The van der Waals surface area contributed by atoms with Gasteiger partial charge in [-0.3, -0.25) is 9.48 Å². The van der Waals surface area contributed by atoms with Gasteiger partial charge >= 0.3 is 5.97 Å². The number of para-hydroxylation sites is 1. The fourth-order valence-corrected chi connectivity index (χ4v) is 4.46. The minimum Gasteiger partial charge on any atom is -0.497 e. The van der Waals surface area contributed by atoms with E-state index in [-0.39, 0.29) is 18.2 Å². The molecular formula is C26H26N4O4. The molecule has 4 aromatic rings. The predicted octanol–water partition coefficient (Wildman–Crippen LogP) is 3.80. The van der Waals surface area contributed by atoms with Crippen molar-refractivity contribution >= 4 is 22.8 Å². The van der Waals surface area contributed by atoms with Gasteiger partial charge in [-0.15, -0.1) is 0 Å². The van der Waals surface area contributed by atoms with Gasteiger partial charge in [-0.05, 0) is 36.8 Å². The lowest BCUT2D eigenvalue weighted by atomic mass is 10.0. The predicted molar refractivity (Wildman–Crippen MR) is 127 cm³/mol. The van der Waals surface area contributed by atoms with Crippen LogP contribution in [0.1, 0.15) is 44.7 Å². The molecule has 0 fully saturated rings. The highest BCUT2D eigenvalue weighted by atomic mass is 16.5. The van der Waals surface area contributed by atoms with Crippen LogP contribution in [0.5, 0.6) is 5.75 Å². The molecule has 0 radical (unpaired) electrons. The van der Waals surface area contributed by atoms with Gasteiger partial charge in [0.1, 0.15) is 11.4 Å². The number of fused-ring (bicyclic) bond motifs is 2. The van der Waals surface area contributed by atoms with Gasteiger partial charge in [0, 0.05) is 35.1 Å². The second kappa shape index (κ2) is 9.05. The van der Waals surface area contributed by atoms with Gasteiger partial charge in [-0.2, -0.15) is 5.10 Å². The highest BCUT2D eigenvalue weighted by Gasteiger charge is 2.31. The zero-order valence-electron chi connectivity index (χ0n) is 19.2. The first-order chi connectivity index (χ1) is 16.6. The molecule has 34 heavy (non-hydrogen) atoms. The fourth-order valence-electron chi connectivity index (χ4n) is 4.46. The molecule has 174 valence electrons. The number of nitrogens with zero attached hydrogens (tertiary/aromatic N) is 3.